The van der Waals surface area contributed by atoms with Crippen LogP contribution >= 0.6 is 34.2 Å². The van der Waals surface area contributed by atoms with Crippen molar-refractivity contribution in [1.29, 1.82) is 0 Å². The van der Waals surface area contributed by atoms with Gasteiger partial charge < -0.3 is 10.6 Å². The van der Waals surface area contributed by atoms with E-state index in [1.807, 2.05) is 17.0 Å². The van der Waals surface area contributed by atoms with Crippen molar-refractivity contribution < 1.29 is 4.79 Å². The van der Waals surface area contributed by atoms with Gasteiger partial charge in [-0.1, -0.05) is 18.5 Å². The maximum atomic E-state index is 12.4. The molecule has 0 radical (unpaired) electrons. The number of hydrogen-bond donors (Lipinski definition) is 1. The molecule has 2 N–H and O–H groups in total. The van der Waals surface area contributed by atoms with Gasteiger partial charge >= 0.3 is 0 Å². The monoisotopic (exact) mass is 378 g/mol. The molecule has 1 fully saturated rings. The molecule has 18 heavy (non-hydrogen) atoms. The van der Waals surface area contributed by atoms with Crippen LogP contribution in [0.2, 0.25) is 5.02 Å². The number of rotatable bonds is 2. The second-order valence-electron chi connectivity index (χ2n) is 5.12. The Bertz CT molecular complexity index is 480. The molecule has 98 valence electrons. The van der Waals surface area contributed by atoms with E-state index in [4.69, 9.17) is 17.3 Å². The van der Waals surface area contributed by atoms with Crippen molar-refractivity contribution in [2.75, 3.05) is 19.6 Å². The van der Waals surface area contributed by atoms with Crippen molar-refractivity contribution in [3.63, 3.8) is 0 Å². The van der Waals surface area contributed by atoms with Gasteiger partial charge in [-0.25, -0.2) is 0 Å². The quantitative estimate of drug-likeness (QED) is 0.805. The first kappa shape index (κ1) is 14.1. The molecule has 0 aromatic heterocycles. The molecule has 1 saturated heterocycles. The molecule has 1 unspecified atom stereocenters. The summed E-state index contributed by atoms with van der Waals surface area (Å²) < 4.78 is 1.01. The van der Waals surface area contributed by atoms with Gasteiger partial charge in [0.15, 0.2) is 0 Å². The molecule has 2 rings (SSSR count). The molecule has 1 atom stereocenters. The molecule has 1 aromatic rings. The van der Waals surface area contributed by atoms with Crippen LogP contribution in [0.25, 0.3) is 0 Å². The first-order valence-electron chi connectivity index (χ1n) is 5.90. The number of amides is 1. The van der Waals surface area contributed by atoms with Gasteiger partial charge in [0.05, 0.1) is 10.6 Å². The Labute approximate surface area is 126 Å². The van der Waals surface area contributed by atoms with Gasteiger partial charge in [0.25, 0.3) is 5.91 Å². The lowest BCUT2D eigenvalue weighted by Gasteiger charge is -2.22. The van der Waals surface area contributed by atoms with E-state index >= 15 is 0 Å². The zero-order valence-corrected chi connectivity index (χ0v) is 13.2. The first-order valence-corrected chi connectivity index (χ1v) is 7.35. The number of halogens is 2. The first-order chi connectivity index (χ1) is 8.45. The lowest BCUT2D eigenvalue weighted by molar-refractivity contribution is 0.0777. The van der Waals surface area contributed by atoms with Gasteiger partial charge in [-0.3, -0.25) is 4.79 Å². The van der Waals surface area contributed by atoms with Crippen LogP contribution in [0, 0.1) is 8.99 Å². The number of hydrogen-bond acceptors (Lipinski definition) is 2. The molecule has 1 aliphatic heterocycles. The highest BCUT2D eigenvalue weighted by Gasteiger charge is 2.35. The van der Waals surface area contributed by atoms with Crippen molar-refractivity contribution in [2.24, 2.45) is 11.1 Å². The summed E-state index contributed by atoms with van der Waals surface area (Å²) in [5, 5.41) is 0.516. The van der Waals surface area contributed by atoms with Crippen molar-refractivity contribution in [1.82, 2.24) is 4.90 Å². The normalized spacial score (nSPS) is 23.4. The summed E-state index contributed by atoms with van der Waals surface area (Å²) in [5.41, 5.74) is 6.39. The Hall–Kier alpha value is -0.330. The summed E-state index contributed by atoms with van der Waals surface area (Å²) in [7, 11) is 0. The minimum Gasteiger partial charge on any atom is -0.338 e. The molecule has 1 aliphatic rings. The van der Waals surface area contributed by atoms with Gasteiger partial charge in [0.1, 0.15) is 0 Å². The lowest BCUT2D eigenvalue weighted by atomic mass is 9.90. The fourth-order valence-corrected chi connectivity index (χ4v) is 2.89. The Balaban J connectivity index is 2.20. The van der Waals surface area contributed by atoms with Crippen LogP contribution in [0.4, 0.5) is 0 Å². The highest BCUT2D eigenvalue weighted by atomic mass is 127. The molecule has 5 heteroatoms. The van der Waals surface area contributed by atoms with E-state index in [1.165, 1.54) is 0 Å². The van der Waals surface area contributed by atoms with Gasteiger partial charge in [0, 0.05) is 16.7 Å². The average molecular weight is 379 g/mol. The van der Waals surface area contributed by atoms with Crippen molar-refractivity contribution in [2.45, 2.75) is 13.3 Å². The summed E-state index contributed by atoms with van der Waals surface area (Å²) in [4.78, 5) is 14.3. The van der Waals surface area contributed by atoms with Crippen LogP contribution < -0.4 is 5.73 Å². The third kappa shape index (κ3) is 2.81. The van der Waals surface area contributed by atoms with Crippen LogP contribution in [-0.2, 0) is 0 Å². The predicted molar refractivity (Wildman–Crippen MR) is 81.9 cm³/mol. The van der Waals surface area contributed by atoms with E-state index in [2.05, 4.69) is 29.5 Å². The maximum absolute atomic E-state index is 12.4. The van der Waals surface area contributed by atoms with Gasteiger partial charge in [-0.2, -0.15) is 0 Å². The predicted octanol–water partition coefficient (Wildman–Crippen LogP) is 2.76. The minimum absolute atomic E-state index is 0.00990. The summed E-state index contributed by atoms with van der Waals surface area (Å²) >= 11 is 8.28. The maximum Gasteiger partial charge on any atom is 0.255 e. The molecule has 0 bridgehead atoms. The lowest BCUT2D eigenvalue weighted by Crippen LogP contribution is -2.34. The molecule has 0 saturated carbocycles. The highest BCUT2D eigenvalue weighted by Crippen LogP contribution is 2.30. The Morgan fingerprint density at radius 2 is 2.33 bits per heavy atom. The molecular weight excluding hydrogens is 363 g/mol. The second kappa shape index (κ2) is 5.35. The Morgan fingerprint density at radius 3 is 2.94 bits per heavy atom. The molecule has 1 aromatic carbocycles. The van der Waals surface area contributed by atoms with Crippen molar-refractivity contribution in [3.05, 3.63) is 32.4 Å². The second-order valence-corrected chi connectivity index (χ2v) is 6.77. The van der Waals surface area contributed by atoms with Gasteiger partial charge in [0.2, 0.25) is 0 Å². The Kier molecular flexibility index (Phi) is 4.18. The van der Waals surface area contributed by atoms with E-state index in [-0.39, 0.29) is 11.3 Å². The van der Waals surface area contributed by atoms with E-state index in [0.717, 1.165) is 16.5 Å². The molecule has 1 heterocycles. The van der Waals surface area contributed by atoms with E-state index in [9.17, 15) is 4.79 Å². The summed E-state index contributed by atoms with van der Waals surface area (Å²) in [5.74, 6) is 0.00990. The Morgan fingerprint density at radius 1 is 1.61 bits per heavy atom. The molecule has 3 nitrogen and oxygen atoms in total. The number of carbonyl (C=O) groups is 1. The summed E-state index contributed by atoms with van der Waals surface area (Å²) in [6.07, 6.45) is 0.955. The zero-order chi connectivity index (χ0) is 13.3. The number of nitrogens with zero attached hydrogens (tertiary/aromatic N) is 1. The van der Waals surface area contributed by atoms with E-state index in [1.54, 1.807) is 6.07 Å². The largest absolute Gasteiger partial charge is 0.338 e. The standard InChI is InChI=1S/C13H16ClIN2O/c1-13(7-16)4-5-17(8-13)12(18)10-6-9(15)2-3-11(10)14/h2-3,6H,4-5,7-8,16H2,1H3. The molecule has 0 spiro atoms. The number of nitrogens with two attached hydrogens (primary N) is 1. The van der Waals surface area contributed by atoms with Crippen LogP contribution in [0.1, 0.15) is 23.7 Å². The van der Waals surface area contributed by atoms with E-state index in [0.29, 0.717) is 23.7 Å². The average Bonchev–Trinajstić information content (AvgIpc) is 2.75. The number of carbonyl (C=O) groups excluding carboxylic acids is 1. The van der Waals surface area contributed by atoms with Gasteiger partial charge in [-0.05, 0) is 59.2 Å². The molecule has 0 aliphatic carbocycles. The van der Waals surface area contributed by atoms with Crippen molar-refractivity contribution in [3.8, 4) is 0 Å². The van der Waals surface area contributed by atoms with Gasteiger partial charge in [-0.15, -0.1) is 0 Å². The molecular formula is C13H16ClIN2O. The van der Waals surface area contributed by atoms with Crippen LogP contribution in [0.3, 0.4) is 0 Å². The zero-order valence-electron chi connectivity index (χ0n) is 10.2. The summed E-state index contributed by atoms with van der Waals surface area (Å²) in [6.45, 7) is 4.20. The van der Waals surface area contributed by atoms with E-state index < -0.39 is 0 Å². The van der Waals surface area contributed by atoms with Crippen LogP contribution in [0.5, 0.6) is 0 Å². The molecule has 1 amide bonds. The summed E-state index contributed by atoms with van der Waals surface area (Å²) in [6, 6.07) is 5.51. The van der Waals surface area contributed by atoms with Crippen molar-refractivity contribution >= 4 is 40.1 Å². The number of benzene rings is 1. The highest BCUT2D eigenvalue weighted by molar-refractivity contribution is 14.1. The fourth-order valence-electron chi connectivity index (χ4n) is 2.20. The number of likely N-dealkylation sites (tertiary alicyclic amines) is 1. The smallest absolute Gasteiger partial charge is 0.255 e. The topological polar surface area (TPSA) is 46.3 Å². The van der Waals surface area contributed by atoms with Crippen LogP contribution in [0.15, 0.2) is 18.2 Å². The third-order valence-electron chi connectivity index (χ3n) is 3.50. The van der Waals surface area contributed by atoms with Crippen LogP contribution in [-0.4, -0.2) is 30.4 Å². The minimum atomic E-state index is 0.00990. The fraction of sp³-hybridized carbons (Fsp3) is 0.462. The third-order valence-corrected chi connectivity index (χ3v) is 4.50. The SMILES string of the molecule is CC1(CN)CCN(C(=O)c2cc(I)ccc2Cl)C1.